The van der Waals surface area contributed by atoms with Crippen molar-refractivity contribution in [3.8, 4) is 0 Å². The fourth-order valence-electron chi connectivity index (χ4n) is 6.02. The highest BCUT2D eigenvalue weighted by atomic mass is 16.5. The highest BCUT2D eigenvalue weighted by molar-refractivity contribution is 6.07. The molecule has 0 saturated carbocycles. The van der Waals surface area contributed by atoms with Crippen LogP contribution in [0, 0.1) is 16.7 Å². The molecule has 216 valence electrons. The van der Waals surface area contributed by atoms with Gasteiger partial charge in [0, 0.05) is 55.6 Å². The lowest BCUT2D eigenvalue weighted by molar-refractivity contribution is -0.00459. The summed E-state index contributed by atoms with van der Waals surface area (Å²) in [6.45, 7) is 23.0. The average molecular weight is 537 g/mol. The lowest BCUT2D eigenvalue weighted by atomic mass is 9.83. The third-order valence-corrected chi connectivity index (χ3v) is 8.22. The molecule has 0 amide bonds. The van der Waals surface area contributed by atoms with Crippen LogP contribution < -0.4 is 10.6 Å². The van der Waals surface area contributed by atoms with Gasteiger partial charge >= 0.3 is 0 Å². The van der Waals surface area contributed by atoms with Gasteiger partial charge in [0.25, 0.3) is 0 Å². The number of pyridine rings is 1. The maximum absolute atomic E-state index is 6.29. The molecule has 3 heterocycles. The van der Waals surface area contributed by atoms with E-state index in [1.807, 2.05) is 0 Å². The predicted octanol–water partition coefficient (Wildman–Crippen LogP) is 6.66. The van der Waals surface area contributed by atoms with E-state index in [2.05, 4.69) is 86.4 Å². The SMILES string of the molecule is CCCCc1nc2c([nH]1)c(N)nc1ccc(N3CCN(CC(C)(C)COCC(C)(C)CC(C)CC)CC3)cc12. The van der Waals surface area contributed by atoms with Crippen molar-refractivity contribution >= 4 is 33.4 Å². The van der Waals surface area contributed by atoms with Crippen molar-refractivity contribution in [2.75, 3.05) is 56.6 Å². The number of nitrogen functional groups attached to an aromatic ring is 1. The minimum Gasteiger partial charge on any atom is -0.382 e. The van der Waals surface area contributed by atoms with E-state index < -0.39 is 0 Å². The number of piperazine rings is 1. The number of hydrogen-bond acceptors (Lipinski definition) is 6. The Balaban J connectivity index is 1.35. The number of benzene rings is 1. The summed E-state index contributed by atoms with van der Waals surface area (Å²) >= 11 is 0. The zero-order chi connectivity index (χ0) is 28.2. The number of aryl methyl sites for hydroxylation is 1. The second kappa shape index (κ2) is 12.4. The summed E-state index contributed by atoms with van der Waals surface area (Å²) in [6.07, 6.45) is 5.64. The van der Waals surface area contributed by atoms with E-state index in [-0.39, 0.29) is 10.8 Å². The van der Waals surface area contributed by atoms with E-state index in [1.165, 1.54) is 18.5 Å². The molecule has 1 atom stereocenters. The van der Waals surface area contributed by atoms with Gasteiger partial charge in [-0.3, -0.25) is 4.90 Å². The van der Waals surface area contributed by atoms with E-state index in [0.717, 1.165) is 98.9 Å². The second-order valence-electron chi connectivity index (χ2n) is 13.5. The molecule has 3 N–H and O–H groups in total. The highest BCUT2D eigenvalue weighted by Gasteiger charge is 2.27. The number of H-pyrrole nitrogens is 1. The van der Waals surface area contributed by atoms with Crippen molar-refractivity contribution in [1.29, 1.82) is 0 Å². The Hall–Kier alpha value is -2.38. The molecule has 1 aliphatic rings. The smallest absolute Gasteiger partial charge is 0.150 e. The van der Waals surface area contributed by atoms with Gasteiger partial charge in [0.05, 0.1) is 18.7 Å². The van der Waals surface area contributed by atoms with Gasteiger partial charge in [-0.1, -0.05) is 61.3 Å². The summed E-state index contributed by atoms with van der Waals surface area (Å²) in [5.74, 6) is 2.27. The number of aromatic nitrogens is 3. The van der Waals surface area contributed by atoms with Crippen molar-refractivity contribution in [1.82, 2.24) is 19.9 Å². The van der Waals surface area contributed by atoms with Gasteiger partial charge in [0.15, 0.2) is 0 Å². The number of rotatable bonds is 13. The fourth-order valence-corrected chi connectivity index (χ4v) is 6.02. The first-order valence-corrected chi connectivity index (χ1v) is 15.1. The number of aromatic amines is 1. The quantitative estimate of drug-likeness (QED) is 0.254. The van der Waals surface area contributed by atoms with Crippen LogP contribution in [-0.2, 0) is 11.2 Å². The van der Waals surface area contributed by atoms with E-state index in [0.29, 0.717) is 5.82 Å². The van der Waals surface area contributed by atoms with Crippen molar-refractivity contribution in [2.45, 2.75) is 80.6 Å². The molecule has 4 rings (SSSR count). The third-order valence-electron chi connectivity index (χ3n) is 8.22. The zero-order valence-corrected chi connectivity index (χ0v) is 25.6. The maximum Gasteiger partial charge on any atom is 0.150 e. The number of fused-ring (bicyclic) bond motifs is 3. The zero-order valence-electron chi connectivity index (χ0n) is 25.6. The number of nitrogens with two attached hydrogens (primary N) is 1. The van der Waals surface area contributed by atoms with E-state index >= 15 is 0 Å². The maximum atomic E-state index is 6.29. The Labute approximate surface area is 235 Å². The molecule has 7 heteroatoms. The van der Waals surface area contributed by atoms with Crippen LogP contribution in [0.15, 0.2) is 18.2 Å². The Morgan fingerprint density at radius 3 is 2.44 bits per heavy atom. The monoisotopic (exact) mass is 536 g/mol. The minimum absolute atomic E-state index is 0.129. The van der Waals surface area contributed by atoms with E-state index in [9.17, 15) is 0 Å². The molecule has 0 bridgehead atoms. The standard InChI is InChI=1S/C32H52N6O/c1-8-10-11-27-35-28-25-18-24(12-13-26(25)34-30(33)29(28)36-27)38-16-14-37(15-17-38)20-32(6,7)22-39-21-31(4,5)19-23(3)9-2/h12-13,18,23H,8-11,14-17,19-22H2,1-7H3,(H2,33,34)(H,35,36). The molecule has 39 heavy (non-hydrogen) atoms. The lowest BCUT2D eigenvalue weighted by Gasteiger charge is -2.40. The molecular formula is C32H52N6O. The Bertz CT molecular complexity index is 1220. The fraction of sp³-hybridized carbons (Fsp3) is 0.688. The Morgan fingerprint density at radius 2 is 1.74 bits per heavy atom. The number of nitrogens with zero attached hydrogens (tertiary/aromatic N) is 4. The molecule has 0 aliphatic carbocycles. The minimum atomic E-state index is 0.129. The summed E-state index contributed by atoms with van der Waals surface area (Å²) in [4.78, 5) is 18.1. The molecule has 2 aromatic heterocycles. The van der Waals surface area contributed by atoms with Crippen LogP contribution in [0.1, 0.15) is 80.0 Å². The predicted molar refractivity (Wildman–Crippen MR) is 166 cm³/mol. The molecule has 1 aromatic carbocycles. The van der Waals surface area contributed by atoms with Crippen molar-refractivity contribution in [2.24, 2.45) is 16.7 Å². The first-order valence-electron chi connectivity index (χ1n) is 15.1. The van der Waals surface area contributed by atoms with Gasteiger partial charge in [-0.2, -0.15) is 0 Å². The summed E-state index contributed by atoms with van der Waals surface area (Å²) in [5, 5.41) is 1.08. The van der Waals surface area contributed by atoms with Gasteiger partial charge in [-0.05, 0) is 42.4 Å². The summed E-state index contributed by atoms with van der Waals surface area (Å²) in [6, 6.07) is 6.53. The number of unbranched alkanes of at least 4 members (excludes halogenated alkanes) is 1. The molecule has 3 aromatic rings. The van der Waals surface area contributed by atoms with Crippen LogP contribution in [0.4, 0.5) is 11.5 Å². The second-order valence-corrected chi connectivity index (χ2v) is 13.5. The van der Waals surface area contributed by atoms with Crippen molar-refractivity contribution in [3.05, 3.63) is 24.0 Å². The summed E-state index contributed by atoms with van der Waals surface area (Å²) in [7, 11) is 0. The van der Waals surface area contributed by atoms with Crippen molar-refractivity contribution < 1.29 is 4.74 Å². The van der Waals surface area contributed by atoms with Crippen LogP contribution in [0.3, 0.4) is 0 Å². The first-order chi connectivity index (χ1) is 18.5. The summed E-state index contributed by atoms with van der Waals surface area (Å²) in [5.41, 5.74) is 10.6. The molecule has 0 radical (unpaired) electrons. The van der Waals surface area contributed by atoms with E-state index in [4.69, 9.17) is 15.5 Å². The Kier molecular flexibility index (Phi) is 9.43. The van der Waals surface area contributed by atoms with Crippen molar-refractivity contribution in [3.63, 3.8) is 0 Å². The van der Waals surface area contributed by atoms with Crippen LogP contribution in [0.2, 0.25) is 0 Å². The largest absolute Gasteiger partial charge is 0.382 e. The molecule has 0 spiro atoms. The first kappa shape index (κ1) is 29.6. The number of hydrogen-bond donors (Lipinski definition) is 2. The van der Waals surface area contributed by atoms with Crippen LogP contribution in [0.5, 0.6) is 0 Å². The van der Waals surface area contributed by atoms with Gasteiger partial charge in [0.2, 0.25) is 0 Å². The number of anilines is 2. The van der Waals surface area contributed by atoms with Crippen LogP contribution in [-0.4, -0.2) is 65.8 Å². The Morgan fingerprint density at radius 1 is 1.03 bits per heavy atom. The molecule has 7 nitrogen and oxygen atoms in total. The number of imidazole rings is 1. The third kappa shape index (κ3) is 7.63. The average Bonchev–Trinajstić information content (AvgIpc) is 3.32. The van der Waals surface area contributed by atoms with Crippen LogP contribution >= 0.6 is 0 Å². The molecule has 1 fully saturated rings. The molecule has 1 unspecified atom stereocenters. The van der Waals surface area contributed by atoms with Gasteiger partial charge in [-0.25, -0.2) is 9.97 Å². The normalized spacial score (nSPS) is 16.4. The molecule has 1 saturated heterocycles. The summed E-state index contributed by atoms with van der Waals surface area (Å²) < 4.78 is 6.29. The van der Waals surface area contributed by atoms with E-state index in [1.54, 1.807) is 0 Å². The topological polar surface area (TPSA) is 83.3 Å². The molecule has 1 aliphatic heterocycles. The van der Waals surface area contributed by atoms with Gasteiger partial charge < -0.3 is 20.4 Å². The number of ether oxygens (including phenoxy) is 1. The lowest BCUT2D eigenvalue weighted by Crippen LogP contribution is -2.49. The molecular weight excluding hydrogens is 484 g/mol. The van der Waals surface area contributed by atoms with Gasteiger partial charge in [-0.15, -0.1) is 0 Å². The van der Waals surface area contributed by atoms with Crippen LogP contribution in [0.25, 0.3) is 21.9 Å². The highest BCUT2D eigenvalue weighted by Crippen LogP contribution is 2.31. The van der Waals surface area contributed by atoms with Gasteiger partial charge in [0.1, 0.15) is 22.7 Å². The number of nitrogens with one attached hydrogen (secondary N) is 1.